The molecule has 0 saturated carbocycles. The summed E-state index contributed by atoms with van der Waals surface area (Å²) in [5.41, 5.74) is 5.66. The van der Waals surface area contributed by atoms with E-state index in [0.717, 1.165) is 0 Å². The number of aliphatic hydroxyl groups excluding tert-OH is 1. The summed E-state index contributed by atoms with van der Waals surface area (Å²) < 4.78 is 7.10. The Morgan fingerprint density at radius 1 is 1.29 bits per heavy atom. The zero-order valence-electron chi connectivity index (χ0n) is 12.6. The summed E-state index contributed by atoms with van der Waals surface area (Å²) in [6.45, 7) is -0.101. The lowest BCUT2D eigenvalue weighted by molar-refractivity contribution is -0.00638. The molecule has 3 aromatic rings. The molecule has 4 heterocycles. The van der Waals surface area contributed by atoms with Crippen molar-refractivity contribution in [2.75, 3.05) is 12.3 Å². The van der Waals surface area contributed by atoms with Crippen LogP contribution < -0.4 is 11.3 Å². The van der Waals surface area contributed by atoms with E-state index in [4.69, 9.17) is 15.6 Å². The predicted octanol–water partition coefficient (Wildman–Crippen LogP) is 0.229. The number of fused-ring (bicyclic) bond motifs is 1. The fourth-order valence-corrected chi connectivity index (χ4v) is 2.19. The highest BCUT2D eigenvalue weighted by Gasteiger charge is 2.22. The molecule has 0 fully saturated rings. The van der Waals surface area contributed by atoms with Crippen molar-refractivity contribution in [2.45, 2.75) is 12.3 Å². The van der Waals surface area contributed by atoms with Gasteiger partial charge in [0.15, 0.2) is 17.4 Å². The molecular weight excluding hydrogens is 312 g/mol. The fraction of sp³-hybridized carbons (Fsp3) is 0.200. The number of nitrogens with two attached hydrogens (primary N) is 1. The smallest absolute Gasteiger partial charge is 0.280 e. The summed E-state index contributed by atoms with van der Waals surface area (Å²) in [6, 6.07) is 5.72. The molecule has 9 nitrogen and oxygen atoms in total. The molecule has 4 rings (SSSR count). The van der Waals surface area contributed by atoms with Crippen LogP contribution in [0.5, 0.6) is 0 Å². The van der Waals surface area contributed by atoms with Gasteiger partial charge in [0, 0.05) is 12.4 Å². The number of imidazole rings is 1. The molecule has 0 saturated heterocycles. The van der Waals surface area contributed by atoms with Crippen molar-refractivity contribution < 1.29 is 9.84 Å². The molecule has 1 aliphatic heterocycles. The average Bonchev–Trinajstić information content (AvgIpc) is 3.23. The van der Waals surface area contributed by atoms with Crippen LogP contribution in [0.1, 0.15) is 6.23 Å². The molecule has 0 aromatic carbocycles. The predicted molar refractivity (Wildman–Crippen MR) is 86.9 cm³/mol. The van der Waals surface area contributed by atoms with Crippen LogP contribution >= 0.6 is 0 Å². The Bertz CT molecular complexity index is 862. The molecular formula is C15H16N6O3. The standard InChI is InChI=1S/C10H11N5O3.C5H5N/c11-10-13-8-7(9(17)14-10)12-4-15(8)6-2-1-5(3-16)18-6;1-2-4-6-5-3-1/h1-2,4-6,16H,3H2,(H3,11,13,14,17);1-5H. The highest BCUT2D eigenvalue weighted by Crippen LogP contribution is 2.23. The summed E-state index contributed by atoms with van der Waals surface area (Å²) in [5, 5.41) is 8.99. The van der Waals surface area contributed by atoms with Crippen LogP contribution in [0.2, 0.25) is 0 Å². The highest BCUT2D eigenvalue weighted by atomic mass is 16.5. The molecule has 0 spiro atoms. The average molecular weight is 328 g/mol. The molecule has 0 radical (unpaired) electrons. The van der Waals surface area contributed by atoms with E-state index >= 15 is 0 Å². The lowest BCUT2D eigenvalue weighted by atomic mass is 10.4. The number of aliphatic hydroxyl groups is 1. The van der Waals surface area contributed by atoms with E-state index in [1.807, 2.05) is 18.2 Å². The third kappa shape index (κ3) is 3.31. The number of nitrogens with zero attached hydrogens (tertiary/aromatic N) is 4. The summed E-state index contributed by atoms with van der Waals surface area (Å²) in [6.07, 6.45) is 7.67. The van der Waals surface area contributed by atoms with Gasteiger partial charge in [0.25, 0.3) is 5.56 Å². The van der Waals surface area contributed by atoms with Gasteiger partial charge in [0.1, 0.15) is 6.10 Å². The quantitative estimate of drug-likeness (QED) is 0.574. The normalized spacial score (nSPS) is 19.2. The van der Waals surface area contributed by atoms with Gasteiger partial charge in [0.05, 0.1) is 12.9 Å². The number of pyridine rings is 1. The molecule has 9 heteroatoms. The van der Waals surface area contributed by atoms with Gasteiger partial charge in [-0.15, -0.1) is 0 Å². The van der Waals surface area contributed by atoms with Gasteiger partial charge in [-0.05, 0) is 18.2 Å². The van der Waals surface area contributed by atoms with Crippen LogP contribution in [0.25, 0.3) is 11.2 Å². The first-order valence-corrected chi connectivity index (χ1v) is 7.21. The van der Waals surface area contributed by atoms with E-state index in [0.29, 0.717) is 5.65 Å². The lowest BCUT2D eigenvalue weighted by Gasteiger charge is -2.13. The summed E-state index contributed by atoms with van der Waals surface area (Å²) in [4.78, 5) is 25.8. The maximum absolute atomic E-state index is 11.6. The second-order valence-corrected chi connectivity index (χ2v) is 4.93. The highest BCUT2D eigenvalue weighted by molar-refractivity contribution is 5.70. The number of nitrogen functional groups attached to an aromatic ring is 1. The summed E-state index contributed by atoms with van der Waals surface area (Å²) in [7, 11) is 0. The fourth-order valence-electron chi connectivity index (χ4n) is 2.19. The van der Waals surface area contributed by atoms with Gasteiger partial charge in [0.2, 0.25) is 5.95 Å². The lowest BCUT2D eigenvalue weighted by Crippen LogP contribution is -2.16. The van der Waals surface area contributed by atoms with Gasteiger partial charge in [-0.25, -0.2) is 4.98 Å². The van der Waals surface area contributed by atoms with Crippen LogP contribution in [-0.4, -0.2) is 42.3 Å². The maximum Gasteiger partial charge on any atom is 0.280 e. The van der Waals surface area contributed by atoms with Crippen molar-refractivity contribution in [1.29, 1.82) is 0 Å². The monoisotopic (exact) mass is 328 g/mol. The molecule has 4 N–H and O–H groups in total. The second kappa shape index (κ2) is 7.02. The summed E-state index contributed by atoms with van der Waals surface area (Å²) in [5.74, 6) is 0.0231. The number of aromatic amines is 1. The van der Waals surface area contributed by atoms with Crippen molar-refractivity contribution in [3.05, 3.63) is 59.4 Å². The first-order valence-electron chi connectivity index (χ1n) is 7.21. The van der Waals surface area contributed by atoms with Crippen LogP contribution in [0.15, 0.2) is 53.9 Å². The number of aromatic nitrogens is 5. The van der Waals surface area contributed by atoms with E-state index in [-0.39, 0.29) is 24.2 Å². The van der Waals surface area contributed by atoms with E-state index < -0.39 is 11.8 Å². The third-order valence-corrected chi connectivity index (χ3v) is 3.28. The van der Waals surface area contributed by atoms with Crippen LogP contribution in [-0.2, 0) is 4.74 Å². The van der Waals surface area contributed by atoms with Gasteiger partial charge in [-0.1, -0.05) is 12.1 Å². The van der Waals surface area contributed by atoms with Crippen LogP contribution in [0, 0.1) is 0 Å². The van der Waals surface area contributed by atoms with E-state index in [2.05, 4.69) is 19.9 Å². The number of hydrogen-bond acceptors (Lipinski definition) is 7. The topological polar surface area (TPSA) is 132 Å². The Morgan fingerprint density at radius 2 is 2.08 bits per heavy atom. The zero-order chi connectivity index (χ0) is 16.9. The Balaban J connectivity index is 0.000000238. The Morgan fingerprint density at radius 3 is 2.67 bits per heavy atom. The van der Waals surface area contributed by atoms with Crippen molar-refractivity contribution in [1.82, 2.24) is 24.5 Å². The second-order valence-electron chi connectivity index (χ2n) is 4.93. The third-order valence-electron chi connectivity index (χ3n) is 3.28. The Kier molecular flexibility index (Phi) is 4.64. The molecule has 0 bridgehead atoms. The molecule has 2 atom stereocenters. The number of hydrogen-bond donors (Lipinski definition) is 3. The number of H-pyrrole nitrogens is 1. The van der Waals surface area contributed by atoms with E-state index in [9.17, 15) is 4.79 Å². The van der Waals surface area contributed by atoms with Gasteiger partial charge < -0.3 is 15.6 Å². The Hall–Kier alpha value is -3.04. The van der Waals surface area contributed by atoms with Gasteiger partial charge in [-0.3, -0.25) is 19.3 Å². The van der Waals surface area contributed by atoms with E-state index in [1.54, 1.807) is 29.1 Å². The SMILES string of the molecule is Nc1nc2c(ncn2C2C=CC(CO)O2)c(=O)[nH]1.c1ccncc1. The molecule has 1 aliphatic rings. The van der Waals surface area contributed by atoms with E-state index in [1.165, 1.54) is 6.33 Å². The molecule has 2 unspecified atom stereocenters. The molecule has 124 valence electrons. The first-order chi connectivity index (χ1) is 11.7. The molecule has 24 heavy (non-hydrogen) atoms. The van der Waals surface area contributed by atoms with Crippen LogP contribution in [0.3, 0.4) is 0 Å². The minimum Gasteiger partial charge on any atom is -0.393 e. The van der Waals surface area contributed by atoms with Crippen molar-refractivity contribution in [3.63, 3.8) is 0 Å². The number of anilines is 1. The zero-order valence-corrected chi connectivity index (χ0v) is 12.6. The number of rotatable bonds is 2. The largest absolute Gasteiger partial charge is 0.393 e. The van der Waals surface area contributed by atoms with Gasteiger partial charge >= 0.3 is 0 Å². The molecule has 0 amide bonds. The first kappa shape index (κ1) is 15.8. The molecule has 3 aromatic heterocycles. The minimum absolute atomic E-state index is 0.0231. The van der Waals surface area contributed by atoms with Gasteiger partial charge in [-0.2, -0.15) is 4.98 Å². The minimum atomic E-state index is -0.444. The van der Waals surface area contributed by atoms with Crippen molar-refractivity contribution >= 4 is 17.1 Å². The number of ether oxygens (including phenoxy) is 1. The van der Waals surface area contributed by atoms with Crippen molar-refractivity contribution in [3.8, 4) is 0 Å². The van der Waals surface area contributed by atoms with Crippen LogP contribution in [0.4, 0.5) is 5.95 Å². The van der Waals surface area contributed by atoms with Crippen molar-refractivity contribution in [2.24, 2.45) is 0 Å². The molecule has 0 aliphatic carbocycles. The maximum atomic E-state index is 11.6. The Labute approximate surface area is 136 Å². The summed E-state index contributed by atoms with van der Waals surface area (Å²) >= 11 is 0. The number of nitrogens with one attached hydrogen (secondary N) is 1.